The average molecular weight is 364 g/mol. The van der Waals surface area contributed by atoms with E-state index in [-0.39, 0.29) is 17.2 Å². The number of hydrogen-bond donors (Lipinski definition) is 0. The van der Waals surface area contributed by atoms with Crippen LogP contribution in [0.5, 0.6) is 0 Å². The molecule has 0 amide bonds. The standard InChI is InChI=1S/C19H20N6O2/c1-23-18(26)9-7-17(22-23)24-11-3-5-15(24)13-25-19(27)8-6-16(21-25)14-4-2-10-20-12-14/h2,4,6-10,12,15H,3,5,11,13H2,1H3. The highest BCUT2D eigenvalue weighted by molar-refractivity contribution is 5.56. The number of anilines is 1. The summed E-state index contributed by atoms with van der Waals surface area (Å²) in [7, 11) is 1.64. The molecule has 27 heavy (non-hydrogen) atoms. The maximum Gasteiger partial charge on any atom is 0.266 e. The van der Waals surface area contributed by atoms with Crippen molar-refractivity contribution in [3.05, 3.63) is 69.5 Å². The Morgan fingerprint density at radius 2 is 1.93 bits per heavy atom. The van der Waals surface area contributed by atoms with E-state index < -0.39 is 0 Å². The first-order valence-corrected chi connectivity index (χ1v) is 8.91. The molecule has 8 nitrogen and oxygen atoms in total. The summed E-state index contributed by atoms with van der Waals surface area (Å²) in [6.07, 6.45) is 5.38. The van der Waals surface area contributed by atoms with Gasteiger partial charge in [-0.1, -0.05) is 0 Å². The molecule has 3 aromatic heterocycles. The Morgan fingerprint density at radius 1 is 1.07 bits per heavy atom. The lowest BCUT2D eigenvalue weighted by Gasteiger charge is -2.26. The highest BCUT2D eigenvalue weighted by atomic mass is 16.1. The van der Waals surface area contributed by atoms with E-state index in [0.717, 1.165) is 30.8 Å². The van der Waals surface area contributed by atoms with Gasteiger partial charge in [-0.25, -0.2) is 9.36 Å². The minimum atomic E-state index is -0.142. The third kappa shape index (κ3) is 3.51. The molecular weight excluding hydrogens is 344 g/mol. The topological polar surface area (TPSA) is 85.9 Å². The molecule has 0 spiro atoms. The highest BCUT2D eigenvalue weighted by Gasteiger charge is 2.27. The quantitative estimate of drug-likeness (QED) is 0.688. The Hall–Kier alpha value is -3.29. The molecule has 1 aliphatic heterocycles. The van der Waals surface area contributed by atoms with E-state index >= 15 is 0 Å². The van der Waals surface area contributed by atoms with E-state index in [0.29, 0.717) is 12.2 Å². The molecule has 138 valence electrons. The van der Waals surface area contributed by atoms with Crippen molar-refractivity contribution in [2.24, 2.45) is 7.05 Å². The molecule has 8 heteroatoms. The Labute approximate surface area is 155 Å². The minimum Gasteiger partial charge on any atom is -0.350 e. The Morgan fingerprint density at radius 3 is 2.70 bits per heavy atom. The zero-order valence-electron chi connectivity index (χ0n) is 15.0. The minimum absolute atomic E-state index is 0.101. The Kier molecular flexibility index (Phi) is 4.53. The van der Waals surface area contributed by atoms with Crippen molar-refractivity contribution in [2.45, 2.75) is 25.4 Å². The normalized spacial score (nSPS) is 16.6. The highest BCUT2D eigenvalue weighted by Crippen LogP contribution is 2.24. The van der Waals surface area contributed by atoms with Gasteiger partial charge in [0, 0.05) is 43.7 Å². The van der Waals surface area contributed by atoms with Crippen LogP contribution in [0, 0.1) is 0 Å². The van der Waals surface area contributed by atoms with E-state index in [9.17, 15) is 9.59 Å². The summed E-state index contributed by atoms with van der Waals surface area (Å²) in [5, 5.41) is 8.88. The van der Waals surface area contributed by atoms with Crippen LogP contribution in [-0.2, 0) is 13.6 Å². The first kappa shape index (κ1) is 17.1. The van der Waals surface area contributed by atoms with Crippen molar-refractivity contribution in [3.8, 4) is 11.3 Å². The van der Waals surface area contributed by atoms with Gasteiger partial charge in [-0.3, -0.25) is 14.6 Å². The van der Waals surface area contributed by atoms with Crippen LogP contribution in [-0.4, -0.2) is 37.1 Å². The molecule has 0 bridgehead atoms. The van der Waals surface area contributed by atoms with E-state index in [2.05, 4.69) is 20.1 Å². The van der Waals surface area contributed by atoms with Gasteiger partial charge in [-0.05, 0) is 37.1 Å². The fourth-order valence-corrected chi connectivity index (χ4v) is 3.42. The fraction of sp³-hybridized carbons (Fsp3) is 0.316. The summed E-state index contributed by atoms with van der Waals surface area (Å²) in [6.45, 7) is 1.31. The lowest BCUT2D eigenvalue weighted by Crippen LogP contribution is -2.38. The van der Waals surface area contributed by atoms with Gasteiger partial charge in [0.15, 0.2) is 0 Å². The molecule has 1 atom stereocenters. The van der Waals surface area contributed by atoms with Crippen molar-refractivity contribution in [2.75, 3.05) is 11.4 Å². The maximum absolute atomic E-state index is 12.3. The second-order valence-corrected chi connectivity index (χ2v) is 6.62. The fourth-order valence-electron chi connectivity index (χ4n) is 3.42. The molecule has 4 heterocycles. The molecule has 0 radical (unpaired) electrons. The molecule has 0 aliphatic carbocycles. The van der Waals surface area contributed by atoms with Crippen molar-refractivity contribution in [1.82, 2.24) is 24.5 Å². The van der Waals surface area contributed by atoms with Gasteiger partial charge in [0.05, 0.1) is 18.3 Å². The van der Waals surface area contributed by atoms with Crippen LogP contribution in [0.25, 0.3) is 11.3 Å². The molecule has 0 aromatic carbocycles. The zero-order valence-corrected chi connectivity index (χ0v) is 15.0. The van der Waals surface area contributed by atoms with Gasteiger partial charge in [-0.15, -0.1) is 0 Å². The molecule has 1 unspecified atom stereocenters. The smallest absolute Gasteiger partial charge is 0.266 e. The molecular formula is C19H20N6O2. The lowest BCUT2D eigenvalue weighted by atomic mass is 10.2. The molecule has 0 N–H and O–H groups in total. The first-order valence-electron chi connectivity index (χ1n) is 8.91. The first-order chi connectivity index (χ1) is 13.1. The second-order valence-electron chi connectivity index (χ2n) is 6.62. The summed E-state index contributed by atoms with van der Waals surface area (Å²) in [5.41, 5.74) is 1.31. The number of aromatic nitrogens is 5. The number of rotatable bonds is 4. The Bertz CT molecular complexity index is 1060. The van der Waals surface area contributed by atoms with Crippen molar-refractivity contribution in [1.29, 1.82) is 0 Å². The van der Waals surface area contributed by atoms with Crippen LogP contribution in [0.1, 0.15) is 12.8 Å². The lowest BCUT2D eigenvalue weighted by molar-refractivity contribution is 0.486. The predicted molar refractivity (Wildman–Crippen MR) is 102 cm³/mol. The molecule has 1 saturated heterocycles. The summed E-state index contributed by atoms with van der Waals surface area (Å²) in [4.78, 5) is 30.2. The number of aryl methyl sites for hydroxylation is 1. The van der Waals surface area contributed by atoms with E-state index in [1.807, 2.05) is 12.1 Å². The molecule has 3 aromatic rings. The van der Waals surface area contributed by atoms with E-state index in [1.165, 1.54) is 15.4 Å². The number of nitrogens with zero attached hydrogens (tertiary/aromatic N) is 6. The SMILES string of the molecule is Cn1nc(N2CCCC2Cn2nc(-c3cccnc3)ccc2=O)ccc1=O. The van der Waals surface area contributed by atoms with Crippen LogP contribution in [0.2, 0.25) is 0 Å². The van der Waals surface area contributed by atoms with Crippen LogP contribution in [0.15, 0.2) is 58.4 Å². The monoisotopic (exact) mass is 364 g/mol. The van der Waals surface area contributed by atoms with Crippen molar-refractivity contribution < 1.29 is 0 Å². The average Bonchev–Trinajstić information content (AvgIpc) is 3.14. The summed E-state index contributed by atoms with van der Waals surface area (Å²) >= 11 is 0. The van der Waals surface area contributed by atoms with Gasteiger partial charge in [0.1, 0.15) is 5.82 Å². The third-order valence-corrected chi connectivity index (χ3v) is 4.83. The third-order valence-electron chi connectivity index (χ3n) is 4.83. The van der Waals surface area contributed by atoms with Crippen LogP contribution in [0.4, 0.5) is 5.82 Å². The molecule has 1 aliphatic rings. The second kappa shape index (κ2) is 7.14. The van der Waals surface area contributed by atoms with Crippen molar-refractivity contribution in [3.63, 3.8) is 0 Å². The van der Waals surface area contributed by atoms with Gasteiger partial charge < -0.3 is 4.90 Å². The molecule has 4 rings (SSSR count). The van der Waals surface area contributed by atoms with E-state index in [1.54, 1.807) is 37.6 Å². The predicted octanol–water partition coefficient (Wildman–Crippen LogP) is 1.07. The molecule has 0 saturated carbocycles. The molecule has 1 fully saturated rings. The summed E-state index contributed by atoms with van der Waals surface area (Å²) in [6, 6.07) is 10.4. The van der Waals surface area contributed by atoms with Gasteiger partial charge >= 0.3 is 0 Å². The maximum atomic E-state index is 12.3. The summed E-state index contributed by atoms with van der Waals surface area (Å²) in [5.74, 6) is 0.746. The number of pyridine rings is 1. The van der Waals surface area contributed by atoms with Gasteiger partial charge in [0.25, 0.3) is 11.1 Å². The largest absolute Gasteiger partial charge is 0.350 e. The number of hydrogen-bond acceptors (Lipinski definition) is 6. The van der Waals surface area contributed by atoms with Crippen LogP contribution in [0.3, 0.4) is 0 Å². The van der Waals surface area contributed by atoms with Crippen LogP contribution < -0.4 is 16.0 Å². The van der Waals surface area contributed by atoms with E-state index in [4.69, 9.17) is 0 Å². The summed E-state index contributed by atoms with van der Waals surface area (Å²) < 4.78 is 2.84. The zero-order chi connectivity index (χ0) is 18.8. The Balaban J connectivity index is 1.62. The van der Waals surface area contributed by atoms with Gasteiger partial charge in [-0.2, -0.15) is 10.2 Å². The van der Waals surface area contributed by atoms with Crippen molar-refractivity contribution >= 4 is 5.82 Å². The van der Waals surface area contributed by atoms with Gasteiger partial charge in [0.2, 0.25) is 0 Å². The van der Waals surface area contributed by atoms with Crippen LogP contribution >= 0.6 is 0 Å².